The van der Waals surface area contributed by atoms with Crippen LogP contribution in [-0.4, -0.2) is 24.5 Å². The van der Waals surface area contributed by atoms with Crippen LogP contribution in [0.15, 0.2) is 53.6 Å². The molecule has 3 aromatic heterocycles. The Morgan fingerprint density at radius 3 is 2.81 bits per heavy atom. The first-order chi connectivity index (χ1) is 10.3. The van der Waals surface area contributed by atoms with Gasteiger partial charge >= 0.3 is 0 Å². The van der Waals surface area contributed by atoms with Gasteiger partial charge in [0.1, 0.15) is 5.82 Å². The number of hydrogen-bond donors (Lipinski definition) is 0. The fraction of sp³-hybridized carbons (Fsp3) is 0. The van der Waals surface area contributed by atoms with Gasteiger partial charge in [-0.05, 0) is 12.1 Å². The van der Waals surface area contributed by atoms with Gasteiger partial charge in [-0.1, -0.05) is 17.3 Å². The van der Waals surface area contributed by atoms with E-state index in [4.69, 9.17) is 4.52 Å². The van der Waals surface area contributed by atoms with Gasteiger partial charge in [-0.2, -0.15) is 4.98 Å². The molecule has 0 saturated carbocycles. The Labute approximate surface area is 117 Å². The number of halogens is 1. The molecule has 4 rings (SSSR count). The normalized spacial score (nSPS) is 11.1. The second-order valence-electron chi connectivity index (χ2n) is 4.37. The van der Waals surface area contributed by atoms with Crippen molar-refractivity contribution in [1.29, 1.82) is 0 Å². The molecule has 0 atom stereocenters. The van der Waals surface area contributed by atoms with Crippen LogP contribution in [0.5, 0.6) is 0 Å². The smallest absolute Gasteiger partial charge is 0.280 e. The van der Waals surface area contributed by atoms with Gasteiger partial charge in [0.15, 0.2) is 11.3 Å². The van der Waals surface area contributed by atoms with Crippen molar-refractivity contribution in [1.82, 2.24) is 24.5 Å². The van der Waals surface area contributed by atoms with Crippen LogP contribution in [0.2, 0.25) is 0 Å². The van der Waals surface area contributed by atoms with Gasteiger partial charge in [-0.3, -0.25) is 0 Å². The Kier molecular flexibility index (Phi) is 2.50. The van der Waals surface area contributed by atoms with Crippen molar-refractivity contribution < 1.29 is 8.91 Å². The Morgan fingerprint density at radius 1 is 1.10 bits per heavy atom. The van der Waals surface area contributed by atoms with E-state index in [0.717, 1.165) is 0 Å². The average Bonchev–Trinajstić information content (AvgIpc) is 3.16. The molecule has 0 bridgehead atoms. The highest BCUT2D eigenvalue weighted by Crippen LogP contribution is 2.23. The summed E-state index contributed by atoms with van der Waals surface area (Å²) in [4.78, 5) is 12.7. The first-order valence-electron chi connectivity index (χ1n) is 6.19. The van der Waals surface area contributed by atoms with E-state index in [2.05, 4.69) is 20.1 Å². The zero-order valence-corrected chi connectivity index (χ0v) is 10.6. The van der Waals surface area contributed by atoms with Crippen molar-refractivity contribution in [2.24, 2.45) is 0 Å². The monoisotopic (exact) mass is 281 g/mol. The SMILES string of the molecule is Fc1cccc(-c2noc(-c3nccn4ccnc34)n2)c1. The van der Waals surface area contributed by atoms with E-state index in [1.165, 1.54) is 12.1 Å². The van der Waals surface area contributed by atoms with Gasteiger partial charge in [0, 0.05) is 30.4 Å². The fourth-order valence-corrected chi connectivity index (χ4v) is 2.07. The summed E-state index contributed by atoms with van der Waals surface area (Å²) in [6.45, 7) is 0. The highest BCUT2D eigenvalue weighted by Gasteiger charge is 2.15. The molecule has 7 heteroatoms. The Morgan fingerprint density at radius 2 is 1.95 bits per heavy atom. The van der Waals surface area contributed by atoms with Crippen molar-refractivity contribution in [2.45, 2.75) is 0 Å². The fourth-order valence-electron chi connectivity index (χ4n) is 2.07. The maximum Gasteiger partial charge on any atom is 0.280 e. The number of imidazole rings is 1. The van der Waals surface area contributed by atoms with Crippen molar-refractivity contribution >= 4 is 5.65 Å². The van der Waals surface area contributed by atoms with Crippen LogP contribution in [0.4, 0.5) is 4.39 Å². The van der Waals surface area contributed by atoms with Crippen LogP contribution in [0.1, 0.15) is 0 Å². The predicted octanol–water partition coefficient (Wildman–Crippen LogP) is 2.59. The number of benzene rings is 1. The highest BCUT2D eigenvalue weighted by molar-refractivity contribution is 5.68. The Bertz CT molecular complexity index is 930. The average molecular weight is 281 g/mol. The van der Waals surface area contributed by atoms with E-state index in [1.54, 1.807) is 41.3 Å². The minimum absolute atomic E-state index is 0.242. The molecule has 0 spiro atoms. The van der Waals surface area contributed by atoms with Crippen LogP contribution in [0, 0.1) is 5.82 Å². The molecule has 102 valence electrons. The van der Waals surface area contributed by atoms with E-state index in [9.17, 15) is 4.39 Å². The molecule has 21 heavy (non-hydrogen) atoms. The summed E-state index contributed by atoms with van der Waals surface area (Å²) in [7, 11) is 0. The van der Waals surface area contributed by atoms with E-state index in [-0.39, 0.29) is 11.7 Å². The first-order valence-corrected chi connectivity index (χ1v) is 6.19. The van der Waals surface area contributed by atoms with Crippen molar-refractivity contribution in [3.63, 3.8) is 0 Å². The maximum atomic E-state index is 13.2. The largest absolute Gasteiger partial charge is 0.332 e. The highest BCUT2D eigenvalue weighted by atomic mass is 19.1. The van der Waals surface area contributed by atoms with E-state index >= 15 is 0 Å². The maximum absolute atomic E-state index is 13.2. The van der Waals surface area contributed by atoms with Crippen molar-refractivity contribution in [3.05, 3.63) is 54.9 Å². The van der Waals surface area contributed by atoms with Crippen molar-refractivity contribution in [3.8, 4) is 23.0 Å². The molecular weight excluding hydrogens is 273 g/mol. The van der Waals surface area contributed by atoms with Gasteiger partial charge in [0.25, 0.3) is 5.89 Å². The van der Waals surface area contributed by atoms with Gasteiger partial charge in [0.05, 0.1) is 0 Å². The molecule has 6 nitrogen and oxygen atoms in total. The van der Waals surface area contributed by atoms with Crippen LogP contribution < -0.4 is 0 Å². The third-order valence-corrected chi connectivity index (χ3v) is 3.02. The summed E-state index contributed by atoms with van der Waals surface area (Å²) >= 11 is 0. The Hall–Kier alpha value is -3.09. The molecular formula is C14H8FN5O. The summed E-state index contributed by atoms with van der Waals surface area (Å²) in [5, 5.41) is 3.87. The summed E-state index contributed by atoms with van der Waals surface area (Å²) < 4.78 is 20.3. The number of rotatable bonds is 2. The lowest BCUT2D eigenvalue weighted by molar-refractivity contribution is 0.431. The molecule has 1 aromatic carbocycles. The second-order valence-corrected chi connectivity index (χ2v) is 4.37. The molecule has 0 radical (unpaired) electrons. The molecule has 0 saturated heterocycles. The zero-order valence-electron chi connectivity index (χ0n) is 10.6. The molecule has 0 aliphatic rings. The summed E-state index contributed by atoms with van der Waals surface area (Å²) in [5.74, 6) is 0.193. The minimum Gasteiger partial charge on any atom is -0.332 e. The summed E-state index contributed by atoms with van der Waals surface area (Å²) in [6, 6.07) is 6.00. The molecule has 0 fully saturated rings. The third-order valence-electron chi connectivity index (χ3n) is 3.02. The number of fused-ring (bicyclic) bond motifs is 1. The topological polar surface area (TPSA) is 69.1 Å². The third kappa shape index (κ3) is 1.95. The molecule has 0 aliphatic heterocycles. The van der Waals surface area contributed by atoms with Gasteiger partial charge in [0.2, 0.25) is 5.82 Å². The molecule has 0 aliphatic carbocycles. The molecule has 0 N–H and O–H groups in total. The number of aromatic nitrogens is 5. The zero-order chi connectivity index (χ0) is 14.2. The lowest BCUT2D eigenvalue weighted by Gasteiger charge is -1.96. The van der Waals surface area contributed by atoms with Gasteiger partial charge in [-0.25, -0.2) is 14.4 Å². The lowest BCUT2D eigenvalue weighted by atomic mass is 10.2. The molecule has 3 heterocycles. The van der Waals surface area contributed by atoms with Crippen LogP contribution in [0.3, 0.4) is 0 Å². The van der Waals surface area contributed by atoms with E-state index in [1.807, 2.05) is 0 Å². The quantitative estimate of drug-likeness (QED) is 0.565. The number of nitrogens with zero attached hydrogens (tertiary/aromatic N) is 5. The summed E-state index contributed by atoms with van der Waals surface area (Å²) in [5.41, 5.74) is 1.64. The van der Waals surface area contributed by atoms with Crippen molar-refractivity contribution in [2.75, 3.05) is 0 Å². The Balaban J connectivity index is 1.83. The van der Waals surface area contributed by atoms with Crippen LogP contribution in [0.25, 0.3) is 28.6 Å². The minimum atomic E-state index is -0.354. The van der Waals surface area contributed by atoms with Gasteiger partial charge < -0.3 is 8.92 Å². The number of hydrogen-bond acceptors (Lipinski definition) is 5. The van der Waals surface area contributed by atoms with Crippen LogP contribution >= 0.6 is 0 Å². The standard InChI is InChI=1S/C14H8FN5O/c15-10-3-1-2-9(8-10)12-18-14(21-19-12)11-13-17-5-7-20(13)6-4-16-11/h1-8H. The first kappa shape index (κ1) is 11.7. The molecule has 0 unspecified atom stereocenters. The van der Waals surface area contributed by atoms with E-state index < -0.39 is 0 Å². The summed E-state index contributed by atoms with van der Waals surface area (Å²) in [6.07, 6.45) is 6.85. The molecule has 4 aromatic rings. The van der Waals surface area contributed by atoms with E-state index in [0.29, 0.717) is 22.7 Å². The lowest BCUT2D eigenvalue weighted by Crippen LogP contribution is -1.91. The predicted molar refractivity (Wildman–Crippen MR) is 71.7 cm³/mol. The van der Waals surface area contributed by atoms with Gasteiger partial charge in [-0.15, -0.1) is 0 Å². The second kappa shape index (κ2) is 4.48. The van der Waals surface area contributed by atoms with Crippen LogP contribution in [-0.2, 0) is 0 Å². The molecule has 0 amide bonds.